The van der Waals surface area contributed by atoms with Crippen molar-refractivity contribution in [1.82, 2.24) is 4.72 Å². The molecule has 21 heavy (non-hydrogen) atoms. The zero-order chi connectivity index (χ0) is 15.3. The van der Waals surface area contributed by atoms with Crippen LogP contribution >= 0.6 is 0 Å². The molecule has 0 fully saturated rings. The monoisotopic (exact) mass is 305 g/mol. The quantitative estimate of drug-likeness (QED) is 0.849. The highest BCUT2D eigenvalue weighted by molar-refractivity contribution is 7.89. The standard InChI is InChI=1S/C14H15N3O3S/c1-16-21(18,19)14-7-6-13(20-14)10-17-12-4-2-11(3-5-12)8-9-15/h2-7,16-17H,8,10H2,1H3. The molecule has 0 amide bonds. The molecule has 7 heteroatoms. The Kier molecular flexibility index (Phi) is 4.62. The summed E-state index contributed by atoms with van der Waals surface area (Å²) in [6.45, 7) is 0.372. The van der Waals surface area contributed by atoms with E-state index in [2.05, 4.69) is 16.1 Å². The van der Waals surface area contributed by atoms with Gasteiger partial charge in [-0.3, -0.25) is 0 Å². The van der Waals surface area contributed by atoms with Crippen molar-refractivity contribution in [1.29, 1.82) is 5.26 Å². The van der Waals surface area contributed by atoms with Gasteiger partial charge >= 0.3 is 0 Å². The van der Waals surface area contributed by atoms with Crippen molar-refractivity contribution in [3.05, 3.63) is 47.7 Å². The van der Waals surface area contributed by atoms with Gasteiger partial charge in [-0.1, -0.05) is 12.1 Å². The number of hydrogen-bond donors (Lipinski definition) is 2. The van der Waals surface area contributed by atoms with Gasteiger partial charge in [-0.25, -0.2) is 13.1 Å². The lowest BCUT2D eigenvalue weighted by Gasteiger charge is -2.05. The molecular formula is C14H15N3O3S. The normalized spacial score (nSPS) is 11.0. The number of sulfonamides is 1. The van der Waals surface area contributed by atoms with E-state index < -0.39 is 10.0 Å². The molecule has 0 saturated carbocycles. The van der Waals surface area contributed by atoms with E-state index in [1.54, 1.807) is 6.07 Å². The van der Waals surface area contributed by atoms with Crippen LogP contribution in [-0.2, 0) is 23.0 Å². The fraction of sp³-hybridized carbons (Fsp3) is 0.214. The van der Waals surface area contributed by atoms with E-state index in [1.807, 2.05) is 24.3 Å². The topological polar surface area (TPSA) is 95.1 Å². The van der Waals surface area contributed by atoms with Crippen molar-refractivity contribution in [3.8, 4) is 6.07 Å². The number of rotatable bonds is 6. The van der Waals surface area contributed by atoms with E-state index in [9.17, 15) is 8.42 Å². The molecule has 110 valence electrons. The molecule has 0 spiro atoms. The van der Waals surface area contributed by atoms with Gasteiger partial charge in [0.1, 0.15) is 5.76 Å². The van der Waals surface area contributed by atoms with Gasteiger partial charge in [0.05, 0.1) is 19.0 Å². The third-order valence-electron chi connectivity index (χ3n) is 2.87. The first-order valence-corrected chi connectivity index (χ1v) is 7.75. The summed E-state index contributed by atoms with van der Waals surface area (Å²) in [5.74, 6) is 0.518. The maximum Gasteiger partial charge on any atom is 0.273 e. The number of furan rings is 1. The molecule has 1 heterocycles. The van der Waals surface area contributed by atoms with Crippen molar-refractivity contribution in [2.45, 2.75) is 18.1 Å². The molecule has 0 bridgehead atoms. The smallest absolute Gasteiger partial charge is 0.273 e. The van der Waals surface area contributed by atoms with Crippen molar-refractivity contribution >= 4 is 15.7 Å². The molecule has 2 aromatic rings. The van der Waals surface area contributed by atoms with Crippen LogP contribution in [0.25, 0.3) is 0 Å². The second-order valence-corrected chi connectivity index (χ2v) is 6.13. The van der Waals surface area contributed by atoms with Crippen LogP contribution in [0.3, 0.4) is 0 Å². The fourth-order valence-corrected chi connectivity index (χ4v) is 2.38. The van der Waals surface area contributed by atoms with Gasteiger partial charge in [0.15, 0.2) is 0 Å². The van der Waals surface area contributed by atoms with Crippen LogP contribution in [0.4, 0.5) is 5.69 Å². The summed E-state index contributed by atoms with van der Waals surface area (Å²) in [6.07, 6.45) is 0.379. The van der Waals surface area contributed by atoms with Crippen LogP contribution < -0.4 is 10.0 Å². The molecule has 1 aromatic heterocycles. The zero-order valence-corrected chi connectivity index (χ0v) is 12.3. The molecule has 0 aliphatic carbocycles. The van der Waals surface area contributed by atoms with E-state index >= 15 is 0 Å². The molecule has 1 aromatic carbocycles. The van der Waals surface area contributed by atoms with E-state index in [0.29, 0.717) is 18.7 Å². The number of nitrogens with zero attached hydrogens (tertiary/aromatic N) is 1. The van der Waals surface area contributed by atoms with Gasteiger partial charge in [-0.05, 0) is 36.9 Å². The van der Waals surface area contributed by atoms with Crippen molar-refractivity contribution in [3.63, 3.8) is 0 Å². The predicted octanol–water partition coefficient (Wildman–Crippen LogP) is 1.87. The summed E-state index contributed by atoms with van der Waals surface area (Å²) >= 11 is 0. The molecule has 0 saturated heterocycles. The Morgan fingerprint density at radius 3 is 2.52 bits per heavy atom. The fourth-order valence-electron chi connectivity index (χ4n) is 1.72. The molecule has 0 unspecified atom stereocenters. The van der Waals surface area contributed by atoms with Crippen molar-refractivity contribution in [2.75, 3.05) is 12.4 Å². The lowest BCUT2D eigenvalue weighted by atomic mass is 10.1. The van der Waals surface area contributed by atoms with Gasteiger partial charge < -0.3 is 9.73 Å². The highest BCUT2D eigenvalue weighted by Gasteiger charge is 2.15. The van der Waals surface area contributed by atoms with Gasteiger partial charge in [-0.2, -0.15) is 5.26 Å². The third-order valence-corrected chi connectivity index (χ3v) is 4.16. The Morgan fingerprint density at radius 2 is 1.90 bits per heavy atom. The number of anilines is 1. The maximum absolute atomic E-state index is 11.5. The summed E-state index contributed by atoms with van der Waals surface area (Å²) < 4.78 is 30.5. The van der Waals surface area contributed by atoms with E-state index in [1.165, 1.54) is 13.1 Å². The molecule has 0 aliphatic rings. The van der Waals surface area contributed by atoms with E-state index in [4.69, 9.17) is 9.68 Å². The average molecular weight is 305 g/mol. The Bertz CT molecular complexity index is 743. The first-order valence-electron chi connectivity index (χ1n) is 6.27. The molecule has 0 atom stereocenters. The van der Waals surface area contributed by atoms with Gasteiger partial charge in [-0.15, -0.1) is 0 Å². The molecule has 0 aliphatic heterocycles. The lowest BCUT2D eigenvalue weighted by Crippen LogP contribution is -2.17. The zero-order valence-electron chi connectivity index (χ0n) is 11.5. The highest BCUT2D eigenvalue weighted by atomic mass is 32.2. The number of hydrogen-bond acceptors (Lipinski definition) is 5. The summed E-state index contributed by atoms with van der Waals surface area (Å²) in [7, 11) is -2.22. The Balaban J connectivity index is 1.99. The minimum absolute atomic E-state index is 0.105. The largest absolute Gasteiger partial charge is 0.446 e. The molecule has 2 N–H and O–H groups in total. The summed E-state index contributed by atoms with van der Waals surface area (Å²) in [5, 5.41) is 11.6. The summed E-state index contributed by atoms with van der Waals surface area (Å²) in [4.78, 5) is 0. The van der Waals surface area contributed by atoms with Crippen molar-refractivity contribution in [2.24, 2.45) is 0 Å². The molecule has 6 nitrogen and oxygen atoms in total. The number of nitrogens with one attached hydrogen (secondary N) is 2. The molecule has 2 rings (SSSR count). The van der Waals surface area contributed by atoms with E-state index in [-0.39, 0.29) is 5.09 Å². The second-order valence-electron chi connectivity index (χ2n) is 4.31. The van der Waals surface area contributed by atoms with Crippen LogP contribution in [0.1, 0.15) is 11.3 Å². The first kappa shape index (κ1) is 15.1. The minimum atomic E-state index is -3.55. The van der Waals surface area contributed by atoms with Crippen LogP contribution in [-0.4, -0.2) is 15.5 Å². The maximum atomic E-state index is 11.5. The Morgan fingerprint density at radius 1 is 1.19 bits per heavy atom. The second kappa shape index (κ2) is 6.43. The number of nitriles is 1. The number of benzene rings is 1. The Labute approximate surface area is 123 Å². The van der Waals surface area contributed by atoms with Crippen molar-refractivity contribution < 1.29 is 12.8 Å². The Hall–Kier alpha value is -2.30. The highest BCUT2D eigenvalue weighted by Crippen LogP contribution is 2.16. The summed E-state index contributed by atoms with van der Waals surface area (Å²) in [5.41, 5.74) is 1.81. The average Bonchev–Trinajstić information content (AvgIpc) is 2.97. The third kappa shape index (κ3) is 3.84. The van der Waals surface area contributed by atoms with E-state index in [0.717, 1.165) is 11.3 Å². The summed E-state index contributed by atoms with van der Waals surface area (Å²) in [6, 6.07) is 12.6. The SMILES string of the molecule is CNS(=O)(=O)c1ccc(CNc2ccc(CC#N)cc2)o1. The van der Waals surface area contributed by atoms with Gasteiger partial charge in [0.25, 0.3) is 10.0 Å². The predicted molar refractivity (Wildman–Crippen MR) is 78.0 cm³/mol. The van der Waals surface area contributed by atoms with Crippen LogP contribution in [0.5, 0.6) is 0 Å². The molecular weight excluding hydrogens is 290 g/mol. The van der Waals surface area contributed by atoms with Crippen LogP contribution in [0.2, 0.25) is 0 Å². The molecule has 0 radical (unpaired) electrons. The van der Waals surface area contributed by atoms with Crippen LogP contribution in [0.15, 0.2) is 45.9 Å². The minimum Gasteiger partial charge on any atom is -0.446 e. The first-order chi connectivity index (χ1) is 10.0. The van der Waals surface area contributed by atoms with Gasteiger partial charge in [0.2, 0.25) is 5.09 Å². The van der Waals surface area contributed by atoms with Gasteiger partial charge in [0, 0.05) is 5.69 Å². The lowest BCUT2D eigenvalue weighted by molar-refractivity contribution is 0.417. The van der Waals surface area contributed by atoms with Crippen LogP contribution in [0, 0.1) is 11.3 Å².